The van der Waals surface area contributed by atoms with Crippen molar-refractivity contribution in [2.75, 3.05) is 6.54 Å². The summed E-state index contributed by atoms with van der Waals surface area (Å²) in [5, 5.41) is 1.15. The molecule has 1 aromatic heterocycles. The summed E-state index contributed by atoms with van der Waals surface area (Å²) in [6.45, 7) is 0.726. The van der Waals surface area contributed by atoms with E-state index in [1.54, 1.807) is 12.3 Å². The molecule has 1 aromatic rings. The van der Waals surface area contributed by atoms with Crippen molar-refractivity contribution in [1.29, 1.82) is 0 Å². The average Bonchev–Trinajstić information content (AvgIpc) is 2.83. The third-order valence-electron chi connectivity index (χ3n) is 2.47. The maximum absolute atomic E-state index is 6.02. The quantitative estimate of drug-likeness (QED) is 0.772. The van der Waals surface area contributed by atoms with Crippen molar-refractivity contribution in [2.45, 2.75) is 12.3 Å². The van der Waals surface area contributed by atoms with Gasteiger partial charge in [0.2, 0.25) is 0 Å². The van der Waals surface area contributed by atoms with Crippen LogP contribution in [0.4, 0.5) is 0 Å². The Morgan fingerprint density at radius 2 is 2.31 bits per heavy atom. The first-order valence-corrected chi connectivity index (χ1v) is 4.99. The van der Waals surface area contributed by atoms with Gasteiger partial charge in [-0.1, -0.05) is 23.2 Å². The van der Waals surface area contributed by atoms with E-state index in [9.17, 15) is 0 Å². The predicted molar refractivity (Wildman–Crippen MR) is 54.2 cm³/mol. The van der Waals surface area contributed by atoms with Crippen molar-refractivity contribution in [3.05, 3.63) is 28.0 Å². The molecule has 0 spiro atoms. The lowest BCUT2D eigenvalue weighted by Gasteiger charge is -2.01. The molecule has 0 radical (unpaired) electrons. The smallest absolute Gasteiger partial charge is 0.130 e. The lowest BCUT2D eigenvalue weighted by atomic mass is 10.1. The molecule has 0 bridgehead atoms. The molecule has 0 aliphatic heterocycles. The molecule has 4 heteroatoms. The molecular weight excluding hydrogens is 207 g/mol. The Hall–Kier alpha value is -0.310. The van der Waals surface area contributed by atoms with Crippen molar-refractivity contribution >= 4 is 23.2 Å². The van der Waals surface area contributed by atoms with Crippen molar-refractivity contribution in [3.8, 4) is 0 Å². The van der Waals surface area contributed by atoms with Gasteiger partial charge in [-0.05, 0) is 36.4 Å². The summed E-state index contributed by atoms with van der Waals surface area (Å²) in [6.07, 6.45) is 2.88. The van der Waals surface area contributed by atoms with Crippen LogP contribution >= 0.6 is 23.2 Å². The number of rotatable bonds is 2. The number of hydrogen-bond acceptors (Lipinski definition) is 2. The average molecular weight is 217 g/mol. The highest BCUT2D eigenvalue weighted by Crippen LogP contribution is 2.48. The van der Waals surface area contributed by atoms with E-state index in [1.165, 1.54) is 0 Å². The lowest BCUT2D eigenvalue weighted by molar-refractivity contribution is 0.808. The van der Waals surface area contributed by atoms with Crippen molar-refractivity contribution in [1.82, 2.24) is 4.98 Å². The van der Waals surface area contributed by atoms with Gasteiger partial charge in [-0.25, -0.2) is 4.98 Å². The fourth-order valence-electron chi connectivity index (χ4n) is 1.58. The number of nitrogens with two attached hydrogens (primary N) is 1. The number of halogens is 2. The molecule has 70 valence electrons. The molecule has 1 aliphatic rings. The van der Waals surface area contributed by atoms with Crippen LogP contribution in [0.2, 0.25) is 10.2 Å². The molecule has 1 heterocycles. The summed E-state index contributed by atoms with van der Waals surface area (Å²) in [5.74, 6) is 1.09. The van der Waals surface area contributed by atoms with Crippen LogP contribution < -0.4 is 5.73 Å². The van der Waals surface area contributed by atoms with Crippen LogP contribution in [0.3, 0.4) is 0 Å². The normalized spacial score (nSPS) is 26.1. The van der Waals surface area contributed by atoms with Crippen LogP contribution in [-0.2, 0) is 0 Å². The molecule has 0 amide bonds. The molecule has 1 fully saturated rings. The molecule has 1 aliphatic carbocycles. The van der Waals surface area contributed by atoms with Gasteiger partial charge in [0.15, 0.2) is 0 Å². The summed E-state index contributed by atoms with van der Waals surface area (Å²) in [5.41, 5.74) is 6.64. The minimum atomic E-state index is 0.443. The Morgan fingerprint density at radius 3 is 2.85 bits per heavy atom. The van der Waals surface area contributed by atoms with Crippen LogP contribution in [0, 0.1) is 5.92 Å². The Morgan fingerprint density at radius 1 is 1.54 bits per heavy atom. The highest BCUT2D eigenvalue weighted by atomic mass is 35.5. The Balaban J connectivity index is 2.22. The molecule has 2 rings (SSSR count). The Labute approximate surface area is 87.1 Å². The van der Waals surface area contributed by atoms with Gasteiger partial charge in [0.05, 0.1) is 0 Å². The second-order valence-corrected chi connectivity index (χ2v) is 4.16. The predicted octanol–water partition coefficient (Wildman–Crippen LogP) is 2.45. The Kier molecular flexibility index (Phi) is 2.45. The van der Waals surface area contributed by atoms with Gasteiger partial charge < -0.3 is 5.73 Å². The number of aromatic nitrogens is 1. The highest BCUT2D eigenvalue weighted by molar-refractivity contribution is 6.34. The summed E-state index contributed by atoms with van der Waals surface area (Å²) >= 11 is 11.7. The van der Waals surface area contributed by atoms with E-state index in [0.29, 0.717) is 22.0 Å². The van der Waals surface area contributed by atoms with Gasteiger partial charge in [-0.3, -0.25) is 0 Å². The molecule has 2 unspecified atom stereocenters. The zero-order valence-corrected chi connectivity index (χ0v) is 8.52. The molecule has 2 nitrogen and oxygen atoms in total. The number of hydrogen-bond donors (Lipinski definition) is 1. The summed E-state index contributed by atoms with van der Waals surface area (Å²) in [4.78, 5) is 4.01. The second kappa shape index (κ2) is 3.45. The van der Waals surface area contributed by atoms with E-state index in [-0.39, 0.29) is 0 Å². The van der Waals surface area contributed by atoms with Gasteiger partial charge in [-0.15, -0.1) is 0 Å². The minimum Gasteiger partial charge on any atom is -0.330 e. The first-order valence-electron chi connectivity index (χ1n) is 4.23. The number of pyridine rings is 1. The van der Waals surface area contributed by atoms with Crippen LogP contribution in [0.25, 0.3) is 0 Å². The first-order chi connectivity index (χ1) is 6.22. The maximum atomic E-state index is 6.02. The topological polar surface area (TPSA) is 38.9 Å². The first kappa shape index (κ1) is 9.25. The molecule has 0 saturated heterocycles. The fraction of sp³-hybridized carbons (Fsp3) is 0.444. The van der Waals surface area contributed by atoms with Crippen molar-refractivity contribution in [2.24, 2.45) is 11.7 Å². The minimum absolute atomic E-state index is 0.443. The molecular formula is C9H10Cl2N2. The third kappa shape index (κ3) is 1.80. The van der Waals surface area contributed by atoms with Crippen molar-refractivity contribution < 1.29 is 0 Å². The summed E-state index contributed by atoms with van der Waals surface area (Å²) < 4.78 is 0. The molecule has 0 aromatic carbocycles. The van der Waals surface area contributed by atoms with E-state index >= 15 is 0 Å². The largest absolute Gasteiger partial charge is 0.330 e. The van der Waals surface area contributed by atoms with Crippen molar-refractivity contribution in [3.63, 3.8) is 0 Å². The van der Waals surface area contributed by atoms with Gasteiger partial charge in [0, 0.05) is 11.2 Å². The lowest BCUT2D eigenvalue weighted by Crippen LogP contribution is -2.02. The van der Waals surface area contributed by atoms with E-state index in [0.717, 1.165) is 18.5 Å². The molecule has 2 atom stereocenters. The van der Waals surface area contributed by atoms with Gasteiger partial charge >= 0.3 is 0 Å². The molecule has 1 saturated carbocycles. The van der Waals surface area contributed by atoms with Gasteiger partial charge in [-0.2, -0.15) is 0 Å². The third-order valence-corrected chi connectivity index (χ3v) is 3.01. The van der Waals surface area contributed by atoms with E-state index in [4.69, 9.17) is 28.9 Å². The van der Waals surface area contributed by atoms with E-state index in [1.807, 2.05) is 0 Å². The maximum Gasteiger partial charge on any atom is 0.130 e. The van der Waals surface area contributed by atoms with Crippen LogP contribution in [0.1, 0.15) is 17.9 Å². The van der Waals surface area contributed by atoms with Gasteiger partial charge in [0.1, 0.15) is 5.15 Å². The fourth-order valence-corrected chi connectivity index (χ4v) is 2.09. The zero-order chi connectivity index (χ0) is 9.42. The van der Waals surface area contributed by atoms with Gasteiger partial charge in [0.25, 0.3) is 0 Å². The number of nitrogens with zero attached hydrogens (tertiary/aromatic N) is 1. The standard InChI is InChI=1S/C9H10Cl2N2/c10-8-2-9(11)13-4-7(8)6-1-5(6)3-12/h2,4-6H,1,3,12H2. The summed E-state index contributed by atoms with van der Waals surface area (Å²) in [7, 11) is 0. The van der Waals surface area contributed by atoms with E-state index < -0.39 is 0 Å². The molecule has 2 N–H and O–H groups in total. The van der Waals surface area contributed by atoms with E-state index in [2.05, 4.69) is 4.98 Å². The zero-order valence-electron chi connectivity index (χ0n) is 7.00. The summed E-state index contributed by atoms with van der Waals surface area (Å²) in [6, 6.07) is 1.68. The molecule has 13 heavy (non-hydrogen) atoms. The van der Waals surface area contributed by atoms with Crippen LogP contribution in [0.15, 0.2) is 12.3 Å². The van der Waals surface area contributed by atoms with Crippen LogP contribution in [0.5, 0.6) is 0 Å². The Bertz CT molecular complexity index is 327. The second-order valence-electron chi connectivity index (χ2n) is 3.37. The highest BCUT2D eigenvalue weighted by Gasteiger charge is 2.38. The SMILES string of the molecule is NCC1CC1c1cnc(Cl)cc1Cl. The monoisotopic (exact) mass is 216 g/mol. The van der Waals surface area contributed by atoms with Crippen LogP contribution in [-0.4, -0.2) is 11.5 Å².